The van der Waals surface area contributed by atoms with E-state index in [0.717, 1.165) is 21.4 Å². The molecule has 28 heavy (non-hydrogen) atoms. The van der Waals surface area contributed by atoms with Gasteiger partial charge in [0.2, 0.25) is 11.8 Å². The Labute approximate surface area is 170 Å². The van der Waals surface area contributed by atoms with Crippen LogP contribution in [0.5, 0.6) is 0 Å². The van der Waals surface area contributed by atoms with E-state index in [4.69, 9.17) is 4.74 Å². The molecule has 8 heteroatoms. The van der Waals surface area contributed by atoms with Crippen LogP contribution in [-0.4, -0.2) is 41.7 Å². The molecule has 7 nitrogen and oxygen atoms in total. The van der Waals surface area contributed by atoms with Gasteiger partial charge < -0.3 is 10.1 Å². The Morgan fingerprint density at radius 3 is 2.43 bits per heavy atom. The molecular formula is C20H19BrN2O5. The second-order valence-corrected chi connectivity index (χ2v) is 8.29. The third kappa shape index (κ3) is 3.26. The largest absolute Gasteiger partial charge is 0.454 e. The Morgan fingerprint density at radius 2 is 1.82 bits per heavy atom. The number of esters is 1. The summed E-state index contributed by atoms with van der Waals surface area (Å²) >= 11 is 3.38. The van der Waals surface area contributed by atoms with Crippen LogP contribution in [0.1, 0.15) is 12.0 Å². The van der Waals surface area contributed by atoms with Crippen molar-refractivity contribution >= 4 is 45.3 Å². The number of aryl methyl sites for hydroxylation is 1. The van der Waals surface area contributed by atoms with Crippen LogP contribution in [0.15, 0.2) is 34.8 Å². The molecule has 1 N–H and O–H groups in total. The lowest BCUT2D eigenvalue weighted by Crippen LogP contribution is -2.38. The minimum atomic E-state index is -0.774. The van der Waals surface area contributed by atoms with E-state index in [1.165, 1.54) is 0 Å². The van der Waals surface area contributed by atoms with Crippen LogP contribution in [0.3, 0.4) is 0 Å². The maximum atomic E-state index is 12.5. The summed E-state index contributed by atoms with van der Waals surface area (Å²) in [4.78, 5) is 50.1. The summed E-state index contributed by atoms with van der Waals surface area (Å²) in [7, 11) is 0. The molecule has 1 heterocycles. The van der Waals surface area contributed by atoms with Crippen molar-refractivity contribution in [3.8, 4) is 0 Å². The topological polar surface area (TPSA) is 92.8 Å². The molecule has 2 bridgehead atoms. The molecule has 1 saturated carbocycles. The van der Waals surface area contributed by atoms with Crippen molar-refractivity contribution in [2.24, 2.45) is 23.7 Å². The second kappa shape index (κ2) is 7.16. The molecule has 4 rings (SSSR count). The Bertz CT molecular complexity index is 882. The van der Waals surface area contributed by atoms with Gasteiger partial charge in [0.05, 0.1) is 11.8 Å². The number of hydrogen-bond acceptors (Lipinski definition) is 5. The Kier molecular flexibility index (Phi) is 4.82. The van der Waals surface area contributed by atoms with E-state index in [2.05, 4.69) is 21.2 Å². The van der Waals surface area contributed by atoms with Gasteiger partial charge in [-0.1, -0.05) is 28.1 Å². The van der Waals surface area contributed by atoms with Gasteiger partial charge in [-0.3, -0.25) is 24.1 Å². The van der Waals surface area contributed by atoms with E-state index >= 15 is 0 Å². The van der Waals surface area contributed by atoms with Crippen LogP contribution in [0.2, 0.25) is 0 Å². The van der Waals surface area contributed by atoms with Gasteiger partial charge in [-0.25, -0.2) is 0 Å². The van der Waals surface area contributed by atoms with E-state index in [0.29, 0.717) is 5.69 Å². The fourth-order valence-electron chi connectivity index (χ4n) is 4.36. The Morgan fingerprint density at radius 1 is 1.18 bits per heavy atom. The number of allylic oxidation sites excluding steroid dienone is 2. The number of anilines is 1. The van der Waals surface area contributed by atoms with Gasteiger partial charge >= 0.3 is 5.97 Å². The zero-order chi connectivity index (χ0) is 20.0. The molecule has 0 aromatic heterocycles. The predicted octanol–water partition coefficient (Wildman–Crippen LogP) is 2.05. The summed E-state index contributed by atoms with van der Waals surface area (Å²) in [6, 6.07) is 5.31. The fraction of sp³-hybridized carbons (Fsp3) is 0.400. The van der Waals surface area contributed by atoms with E-state index < -0.39 is 25.0 Å². The summed E-state index contributed by atoms with van der Waals surface area (Å²) < 4.78 is 5.88. The first-order chi connectivity index (χ1) is 13.3. The fourth-order valence-corrected chi connectivity index (χ4v) is 4.61. The number of rotatable bonds is 5. The van der Waals surface area contributed by atoms with E-state index in [9.17, 15) is 19.2 Å². The maximum absolute atomic E-state index is 12.5. The van der Waals surface area contributed by atoms with Crippen molar-refractivity contribution < 1.29 is 23.9 Å². The van der Waals surface area contributed by atoms with Crippen molar-refractivity contribution in [3.63, 3.8) is 0 Å². The molecule has 3 amide bonds. The predicted molar refractivity (Wildman–Crippen MR) is 103 cm³/mol. The van der Waals surface area contributed by atoms with Gasteiger partial charge in [-0.05, 0) is 48.9 Å². The first-order valence-electron chi connectivity index (χ1n) is 9.10. The summed E-state index contributed by atoms with van der Waals surface area (Å²) in [6.07, 6.45) is 4.82. The molecule has 2 aliphatic carbocycles. The minimum absolute atomic E-state index is 0.0904. The number of hydrogen-bond donors (Lipinski definition) is 1. The lowest BCUT2D eigenvalue weighted by molar-refractivity contribution is -0.154. The van der Waals surface area contributed by atoms with Gasteiger partial charge in [-0.2, -0.15) is 0 Å². The molecule has 0 unspecified atom stereocenters. The van der Waals surface area contributed by atoms with E-state index in [-0.39, 0.29) is 35.5 Å². The molecule has 1 aromatic carbocycles. The average Bonchev–Trinajstić information content (AvgIpc) is 3.33. The highest BCUT2D eigenvalue weighted by molar-refractivity contribution is 9.10. The summed E-state index contributed by atoms with van der Waals surface area (Å²) in [5.74, 6) is -2.40. The van der Waals surface area contributed by atoms with Crippen LogP contribution in [0, 0.1) is 30.6 Å². The standard InChI is InChI=1S/C20H19BrN2O5/c1-10-6-13(4-5-14(10)21)22-15(24)9-28-16(25)8-23-19(26)17-11-2-3-12(7-11)18(17)20(23)27/h2-6,11-12,17-18H,7-9H2,1H3,(H,22,24)/t11-,12-,17+,18+/m0/s1. The van der Waals surface area contributed by atoms with Crippen LogP contribution < -0.4 is 5.32 Å². The highest BCUT2D eigenvalue weighted by Crippen LogP contribution is 2.52. The summed E-state index contributed by atoms with van der Waals surface area (Å²) in [5.41, 5.74) is 1.54. The first kappa shape index (κ1) is 18.9. The van der Waals surface area contributed by atoms with E-state index in [1.807, 2.05) is 19.1 Å². The highest BCUT2D eigenvalue weighted by Gasteiger charge is 2.59. The number of likely N-dealkylation sites (tertiary alicyclic amines) is 1. The number of amides is 3. The first-order valence-corrected chi connectivity index (χ1v) is 9.89. The molecule has 146 valence electrons. The molecule has 1 aromatic rings. The number of ether oxygens (including phenoxy) is 1. The quantitative estimate of drug-likeness (QED) is 0.424. The normalized spacial score (nSPS) is 27.3. The van der Waals surface area contributed by atoms with Gasteiger partial charge in [0.15, 0.2) is 6.61 Å². The van der Waals surface area contributed by atoms with Crippen molar-refractivity contribution in [3.05, 3.63) is 40.4 Å². The SMILES string of the molecule is Cc1cc(NC(=O)COC(=O)CN2C(=O)[C@H]3[C@H](C2=O)[C@H]2C=C[C@H]3C2)ccc1Br. The molecule has 2 fully saturated rings. The number of imide groups is 1. The molecule has 3 aliphatic rings. The molecule has 0 radical (unpaired) electrons. The van der Waals surface area contributed by atoms with Crippen LogP contribution in [0.25, 0.3) is 0 Å². The Balaban J connectivity index is 1.29. The van der Waals surface area contributed by atoms with Crippen LogP contribution in [-0.2, 0) is 23.9 Å². The van der Waals surface area contributed by atoms with Crippen molar-refractivity contribution in [2.45, 2.75) is 13.3 Å². The third-order valence-corrected chi connectivity index (χ3v) is 6.54. The zero-order valence-electron chi connectivity index (χ0n) is 15.2. The monoisotopic (exact) mass is 446 g/mol. The smallest absolute Gasteiger partial charge is 0.326 e. The van der Waals surface area contributed by atoms with Gasteiger partial charge in [0.1, 0.15) is 6.54 Å². The number of carbonyl (C=O) groups excluding carboxylic acids is 4. The number of halogens is 1. The average molecular weight is 447 g/mol. The van der Waals surface area contributed by atoms with Crippen LogP contribution in [0.4, 0.5) is 5.69 Å². The molecule has 4 atom stereocenters. The van der Waals surface area contributed by atoms with Gasteiger partial charge in [0, 0.05) is 10.2 Å². The number of fused-ring (bicyclic) bond motifs is 5. The van der Waals surface area contributed by atoms with Gasteiger partial charge in [-0.15, -0.1) is 0 Å². The minimum Gasteiger partial charge on any atom is -0.454 e. The number of nitrogens with zero attached hydrogens (tertiary/aromatic N) is 1. The maximum Gasteiger partial charge on any atom is 0.326 e. The second-order valence-electron chi connectivity index (χ2n) is 7.44. The Hall–Kier alpha value is -2.48. The van der Waals surface area contributed by atoms with E-state index in [1.54, 1.807) is 18.2 Å². The number of carbonyl (C=O) groups is 4. The summed E-state index contributed by atoms with van der Waals surface area (Å²) in [6.45, 7) is 0.958. The van der Waals surface area contributed by atoms with Gasteiger partial charge in [0.25, 0.3) is 5.91 Å². The third-order valence-electron chi connectivity index (χ3n) is 5.65. The number of benzene rings is 1. The summed E-state index contributed by atoms with van der Waals surface area (Å²) in [5, 5.41) is 2.64. The zero-order valence-corrected chi connectivity index (χ0v) is 16.8. The van der Waals surface area contributed by atoms with Crippen molar-refractivity contribution in [2.75, 3.05) is 18.5 Å². The molecular weight excluding hydrogens is 428 g/mol. The van der Waals surface area contributed by atoms with Crippen molar-refractivity contribution in [1.82, 2.24) is 4.90 Å². The lowest BCUT2D eigenvalue weighted by Gasteiger charge is -2.16. The van der Waals surface area contributed by atoms with Crippen molar-refractivity contribution in [1.29, 1.82) is 0 Å². The molecule has 0 spiro atoms. The molecule has 1 saturated heterocycles. The van der Waals surface area contributed by atoms with Crippen LogP contribution >= 0.6 is 15.9 Å². The number of nitrogens with one attached hydrogen (secondary N) is 1. The highest BCUT2D eigenvalue weighted by atomic mass is 79.9. The lowest BCUT2D eigenvalue weighted by atomic mass is 9.85. The molecule has 1 aliphatic heterocycles.